The maximum atomic E-state index is 11.8. The normalized spacial score (nSPS) is 10.9. The van der Waals surface area contributed by atoms with Crippen molar-refractivity contribution in [3.63, 3.8) is 0 Å². The summed E-state index contributed by atoms with van der Waals surface area (Å²) in [6, 6.07) is 11.9. The number of hydrogen-bond donors (Lipinski definition) is 1. The lowest BCUT2D eigenvalue weighted by atomic mass is 10.0. The number of nitrogens with one attached hydrogen (secondary N) is 1. The summed E-state index contributed by atoms with van der Waals surface area (Å²) in [6.07, 6.45) is 0. The van der Waals surface area contributed by atoms with Crippen molar-refractivity contribution < 1.29 is 4.74 Å². The zero-order chi connectivity index (χ0) is 15.7. The van der Waals surface area contributed by atoms with Crippen LogP contribution in [0.4, 0.5) is 0 Å². The van der Waals surface area contributed by atoms with Gasteiger partial charge in [0.2, 0.25) is 0 Å². The molecule has 0 saturated carbocycles. The van der Waals surface area contributed by atoms with E-state index in [-0.39, 0.29) is 5.56 Å². The Bertz CT molecular complexity index is 903. The predicted octanol–water partition coefficient (Wildman–Crippen LogP) is 3.80. The van der Waals surface area contributed by atoms with Crippen molar-refractivity contribution in [1.29, 1.82) is 0 Å². The lowest BCUT2D eigenvalue weighted by Crippen LogP contribution is -2.12. The van der Waals surface area contributed by atoms with E-state index in [1.807, 2.05) is 30.3 Å². The summed E-state index contributed by atoms with van der Waals surface area (Å²) in [4.78, 5) is 19.2. The quantitative estimate of drug-likeness (QED) is 0.724. The molecule has 22 heavy (non-hydrogen) atoms. The highest BCUT2D eigenvalue weighted by atomic mass is 79.9. The molecule has 0 amide bonds. The number of methoxy groups -OCH3 is 1. The van der Waals surface area contributed by atoms with Gasteiger partial charge < -0.3 is 9.72 Å². The van der Waals surface area contributed by atoms with Gasteiger partial charge in [-0.2, -0.15) is 0 Å². The van der Waals surface area contributed by atoms with Gasteiger partial charge in [0.25, 0.3) is 5.56 Å². The first-order valence-corrected chi connectivity index (χ1v) is 7.98. The van der Waals surface area contributed by atoms with Crippen molar-refractivity contribution >= 4 is 27.0 Å². The lowest BCUT2D eigenvalue weighted by molar-refractivity contribution is 0.415. The average Bonchev–Trinajstić information content (AvgIpc) is 2.55. The first-order chi connectivity index (χ1) is 10.6. The molecule has 112 valence electrons. The number of ether oxygens (including phenoxy) is 1. The van der Waals surface area contributed by atoms with Crippen molar-refractivity contribution in [3.8, 4) is 16.9 Å². The summed E-state index contributed by atoms with van der Waals surface area (Å²) in [6.45, 7) is 1.71. The molecule has 4 nitrogen and oxygen atoms in total. The molecule has 3 rings (SSSR count). The Hall–Kier alpha value is -2.14. The monoisotopic (exact) mass is 358 g/mol. The molecule has 0 fully saturated rings. The Morgan fingerprint density at radius 1 is 1.27 bits per heavy atom. The first-order valence-electron chi connectivity index (χ1n) is 6.86. The van der Waals surface area contributed by atoms with Gasteiger partial charge in [0.05, 0.1) is 18.1 Å². The van der Waals surface area contributed by atoms with Crippen molar-refractivity contribution in [2.45, 2.75) is 12.3 Å². The molecule has 0 atom stereocenters. The van der Waals surface area contributed by atoms with Crippen LogP contribution in [0, 0.1) is 6.92 Å². The smallest absolute Gasteiger partial charge is 0.269 e. The van der Waals surface area contributed by atoms with Gasteiger partial charge in [-0.05, 0) is 42.3 Å². The molecule has 1 aromatic heterocycles. The Labute approximate surface area is 136 Å². The molecular weight excluding hydrogens is 344 g/mol. The fourth-order valence-electron chi connectivity index (χ4n) is 2.43. The predicted molar refractivity (Wildman–Crippen MR) is 91.7 cm³/mol. The number of fused-ring (bicyclic) bond motifs is 1. The Morgan fingerprint density at radius 2 is 2.09 bits per heavy atom. The van der Waals surface area contributed by atoms with Crippen LogP contribution in [0.5, 0.6) is 5.75 Å². The van der Waals surface area contributed by atoms with Gasteiger partial charge in [-0.1, -0.05) is 28.1 Å². The number of aromatic nitrogens is 2. The number of aryl methyl sites for hydroxylation is 1. The Morgan fingerprint density at radius 3 is 2.82 bits per heavy atom. The standard InChI is InChI=1S/C17H15BrN2O2/c1-10-17(21)20-15-7-11(9-18)6-14(16(15)19-10)12-4-3-5-13(8-12)22-2/h3-8H,9H2,1-2H3,(H,20,21). The maximum Gasteiger partial charge on any atom is 0.269 e. The zero-order valence-electron chi connectivity index (χ0n) is 12.3. The van der Waals surface area contributed by atoms with Crippen molar-refractivity contribution in [1.82, 2.24) is 9.97 Å². The number of alkyl halides is 1. The molecule has 0 aliphatic heterocycles. The van der Waals surface area contributed by atoms with E-state index in [1.54, 1.807) is 14.0 Å². The molecule has 5 heteroatoms. The van der Waals surface area contributed by atoms with E-state index in [4.69, 9.17) is 4.74 Å². The van der Waals surface area contributed by atoms with Crippen LogP contribution in [0.2, 0.25) is 0 Å². The highest BCUT2D eigenvalue weighted by Gasteiger charge is 2.11. The first kappa shape index (κ1) is 14.8. The van der Waals surface area contributed by atoms with Gasteiger partial charge in [-0.15, -0.1) is 0 Å². The Balaban J connectivity index is 2.35. The van der Waals surface area contributed by atoms with Crippen LogP contribution in [0.3, 0.4) is 0 Å². The van der Waals surface area contributed by atoms with E-state index in [2.05, 4.69) is 32.0 Å². The van der Waals surface area contributed by atoms with Crippen LogP contribution < -0.4 is 10.3 Å². The van der Waals surface area contributed by atoms with Crippen LogP contribution in [-0.4, -0.2) is 17.1 Å². The summed E-state index contributed by atoms with van der Waals surface area (Å²) in [5.41, 5.74) is 4.89. The molecule has 0 saturated heterocycles. The molecule has 0 aliphatic carbocycles. The molecule has 1 heterocycles. The lowest BCUT2D eigenvalue weighted by Gasteiger charge is -2.10. The molecule has 2 aromatic carbocycles. The van der Waals surface area contributed by atoms with Crippen LogP contribution >= 0.6 is 15.9 Å². The van der Waals surface area contributed by atoms with Gasteiger partial charge >= 0.3 is 0 Å². The van der Waals surface area contributed by atoms with E-state index in [9.17, 15) is 4.79 Å². The van der Waals surface area contributed by atoms with E-state index >= 15 is 0 Å². The topological polar surface area (TPSA) is 55.0 Å². The molecule has 0 spiro atoms. The molecule has 0 radical (unpaired) electrons. The highest BCUT2D eigenvalue weighted by Crippen LogP contribution is 2.30. The SMILES string of the molecule is COc1cccc(-c2cc(CBr)cc3[nH]c(=O)c(C)nc23)c1. The number of nitrogens with zero attached hydrogens (tertiary/aromatic N) is 1. The number of halogens is 1. The molecule has 0 aliphatic rings. The number of aromatic amines is 1. The largest absolute Gasteiger partial charge is 0.497 e. The average molecular weight is 359 g/mol. The van der Waals surface area contributed by atoms with Gasteiger partial charge in [-0.3, -0.25) is 4.79 Å². The molecule has 1 N–H and O–H groups in total. The summed E-state index contributed by atoms with van der Waals surface area (Å²) < 4.78 is 5.30. The zero-order valence-corrected chi connectivity index (χ0v) is 13.9. The van der Waals surface area contributed by atoms with Crippen molar-refractivity contribution in [2.24, 2.45) is 0 Å². The third-order valence-corrected chi connectivity index (χ3v) is 4.21. The Kier molecular flexibility index (Phi) is 3.98. The minimum atomic E-state index is -0.157. The number of benzene rings is 2. The van der Waals surface area contributed by atoms with Crippen LogP contribution in [0.15, 0.2) is 41.2 Å². The fraction of sp³-hybridized carbons (Fsp3) is 0.176. The molecule has 3 aromatic rings. The minimum Gasteiger partial charge on any atom is -0.497 e. The van der Waals surface area contributed by atoms with E-state index in [0.717, 1.165) is 33.5 Å². The summed E-state index contributed by atoms with van der Waals surface area (Å²) in [5, 5.41) is 0.704. The van der Waals surface area contributed by atoms with Gasteiger partial charge in [-0.25, -0.2) is 4.98 Å². The van der Waals surface area contributed by atoms with Gasteiger partial charge in [0, 0.05) is 10.9 Å². The number of hydrogen-bond acceptors (Lipinski definition) is 3. The molecule has 0 bridgehead atoms. The number of rotatable bonds is 3. The van der Waals surface area contributed by atoms with E-state index in [0.29, 0.717) is 11.0 Å². The van der Waals surface area contributed by atoms with Crippen LogP contribution in [-0.2, 0) is 5.33 Å². The van der Waals surface area contributed by atoms with Crippen LogP contribution in [0.1, 0.15) is 11.3 Å². The van der Waals surface area contributed by atoms with Gasteiger partial charge in [0.15, 0.2) is 0 Å². The highest BCUT2D eigenvalue weighted by molar-refractivity contribution is 9.08. The third kappa shape index (κ3) is 2.64. The minimum absolute atomic E-state index is 0.157. The molecular formula is C17H15BrN2O2. The third-order valence-electron chi connectivity index (χ3n) is 3.56. The summed E-state index contributed by atoms with van der Waals surface area (Å²) in [7, 11) is 1.64. The van der Waals surface area contributed by atoms with Crippen molar-refractivity contribution in [2.75, 3.05) is 7.11 Å². The second-order valence-corrected chi connectivity index (χ2v) is 5.62. The maximum absolute atomic E-state index is 11.8. The summed E-state index contributed by atoms with van der Waals surface area (Å²) >= 11 is 3.47. The second kappa shape index (κ2) is 5.93. The van der Waals surface area contributed by atoms with E-state index < -0.39 is 0 Å². The van der Waals surface area contributed by atoms with Gasteiger partial charge in [0.1, 0.15) is 11.4 Å². The van der Waals surface area contributed by atoms with E-state index in [1.165, 1.54) is 0 Å². The second-order valence-electron chi connectivity index (χ2n) is 5.06. The van der Waals surface area contributed by atoms with Crippen molar-refractivity contribution in [3.05, 3.63) is 58.0 Å². The van der Waals surface area contributed by atoms with Crippen LogP contribution in [0.25, 0.3) is 22.2 Å². The fourth-order valence-corrected chi connectivity index (χ4v) is 2.75. The molecule has 0 unspecified atom stereocenters. The number of H-pyrrole nitrogens is 1. The summed E-state index contributed by atoms with van der Waals surface area (Å²) in [5.74, 6) is 0.788.